The Morgan fingerprint density at radius 2 is 1.95 bits per heavy atom. The minimum Gasteiger partial charge on any atom is -0.369 e. The van der Waals surface area contributed by atoms with Crippen molar-refractivity contribution in [2.24, 2.45) is 5.92 Å². The summed E-state index contributed by atoms with van der Waals surface area (Å²) >= 11 is 0. The molecule has 3 rings (SSSR count). The van der Waals surface area contributed by atoms with Crippen LogP contribution in [0, 0.1) is 12.8 Å². The summed E-state index contributed by atoms with van der Waals surface area (Å²) in [6.07, 6.45) is 2.81. The van der Waals surface area contributed by atoms with E-state index in [0.29, 0.717) is 0 Å². The molecule has 1 heterocycles. The number of piperazine rings is 1. The Morgan fingerprint density at radius 1 is 1.15 bits per heavy atom. The molecule has 1 saturated carbocycles. The lowest BCUT2D eigenvalue weighted by Crippen LogP contribution is -2.57. The van der Waals surface area contributed by atoms with Crippen molar-refractivity contribution in [3.8, 4) is 0 Å². The SMILES string of the molecule is CNCC1CCC1N1CCN(c2cccc(C)c2)CC1. The second-order valence-electron chi connectivity index (χ2n) is 6.32. The molecule has 1 N–H and O–H groups in total. The van der Waals surface area contributed by atoms with Crippen molar-refractivity contribution in [1.82, 2.24) is 10.2 Å². The van der Waals surface area contributed by atoms with Gasteiger partial charge in [-0.05, 0) is 57.0 Å². The van der Waals surface area contributed by atoms with Crippen LogP contribution in [0.25, 0.3) is 0 Å². The van der Waals surface area contributed by atoms with Crippen molar-refractivity contribution in [1.29, 1.82) is 0 Å². The molecule has 20 heavy (non-hydrogen) atoms. The van der Waals surface area contributed by atoms with Crippen LogP contribution < -0.4 is 10.2 Å². The topological polar surface area (TPSA) is 18.5 Å². The van der Waals surface area contributed by atoms with Crippen LogP contribution in [0.2, 0.25) is 0 Å². The number of nitrogens with zero attached hydrogens (tertiary/aromatic N) is 2. The third-order valence-corrected chi connectivity index (χ3v) is 4.99. The molecule has 0 radical (unpaired) electrons. The Morgan fingerprint density at radius 3 is 2.55 bits per heavy atom. The van der Waals surface area contributed by atoms with Crippen molar-refractivity contribution >= 4 is 5.69 Å². The van der Waals surface area contributed by atoms with Gasteiger partial charge in [-0.3, -0.25) is 4.90 Å². The first-order chi connectivity index (χ1) is 9.78. The van der Waals surface area contributed by atoms with E-state index in [-0.39, 0.29) is 0 Å². The standard InChI is InChI=1S/C17H27N3/c1-14-4-3-5-16(12-14)19-8-10-20(11-9-19)17-7-6-15(17)13-18-2/h3-5,12,15,17-18H,6-11,13H2,1-2H3. The molecule has 2 unspecified atom stereocenters. The lowest BCUT2D eigenvalue weighted by Gasteiger charge is -2.48. The molecule has 3 nitrogen and oxygen atoms in total. The van der Waals surface area contributed by atoms with Crippen molar-refractivity contribution in [3.05, 3.63) is 29.8 Å². The molecule has 2 fully saturated rings. The molecule has 2 aliphatic rings. The normalized spacial score (nSPS) is 27.4. The average Bonchev–Trinajstić information content (AvgIpc) is 2.44. The fraction of sp³-hybridized carbons (Fsp3) is 0.647. The highest BCUT2D eigenvalue weighted by molar-refractivity contribution is 5.48. The van der Waals surface area contributed by atoms with Crippen LogP contribution in [-0.2, 0) is 0 Å². The summed E-state index contributed by atoms with van der Waals surface area (Å²) in [6.45, 7) is 8.15. The largest absolute Gasteiger partial charge is 0.369 e. The van der Waals surface area contributed by atoms with E-state index in [1.54, 1.807) is 0 Å². The van der Waals surface area contributed by atoms with E-state index in [1.165, 1.54) is 56.8 Å². The summed E-state index contributed by atoms with van der Waals surface area (Å²) < 4.78 is 0. The van der Waals surface area contributed by atoms with Gasteiger partial charge in [0.25, 0.3) is 0 Å². The molecule has 3 heteroatoms. The van der Waals surface area contributed by atoms with Gasteiger partial charge in [0, 0.05) is 37.9 Å². The molecule has 0 bridgehead atoms. The monoisotopic (exact) mass is 273 g/mol. The fourth-order valence-corrected chi connectivity index (χ4v) is 3.67. The third kappa shape index (κ3) is 2.84. The molecule has 2 atom stereocenters. The lowest BCUT2D eigenvalue weighted by molar-refractivity contribution is 0.0583. The predicted octanol–water partition coefficient (Wildman–Crippen LogP) is 2.12. The summed E-state index contributed by atoms with van der Waals surface area (Å²) in [5.41, 5.74) is 2.75. The van der Waals surface area contributed by atoms with Crippen LogP contribution in [0.3, 0.4) is 0 Å². The Labute approximate surface area is 123 Å². The highest BCUT2D eigenvalue weighted by atomic mass is 15.3. The van der Waals surface area contributed by atoms with Crippen molar-refractivity contribution in [2.75, 3.05) is 44.7 Å². The second kappa shape index (κ2) is 6.15. The van der Waals surface area contributed by atoms with Crippen LogP contribution in [0.1, 0.15) is 18.4 Å². The van der Waals surface area contributed by atoms with E-state index in [1.807, 2.05) is 0 Å². The minimum atomic E-state index is 0.835. The molecule has 0 amide bonds. The summed E-state index contributed by atoms with van der Waals surface area (Å²) in [6, 6.07) is 9.74. The first-order valence-electron chi connectivity index (χ1n) is 7.98. The van der Waals surface area contributed by atoms with E-state index in [9.17, 15) is 0 Å². The fourth-order valence-electron chi connectivity index (χ4n) is 3.67. The van der Waals surface area contributed by atoms with Gasteiger partial charge in [-0.15, -0.1) is 0 Å². The van der Waals surface area contributed by atoms with Gasteiger partial charge in [0.1, 0.15) is 0 Å². The number of hydrogen-bond acceptors (Lipinski definition) is 3. The predicted molar refractivity (Wildman–Crippen MR) is 85.4 cm³/mol. The molecule has 1 aromatic carbocycles. The molecule has 1 aromatic rings. The maximum atomic E-state index is 3.34. The van der Waals surface area contributed by atoms with Gasteiger partial charge >= 0.3 is 0 Å². The Bertz CT molecular complexity index is 438. The van der Waals surface area contributed by atoms with Gasteiger partial charge in [-0.2, -0.15) is 0 Å². The summed E-state index contributed by atoms with van der Waals surface area (Å²) in [7, 11) is 2.07. The maximum Gasteiger partial charge on any atom is 0.0369 e. The van der Waals surface area contributed by atoms with Crippen LogP contribution in [0.15, 0.2) is 24.3 Å². The van der Waals surface area contributed by atoms with Gasteiger partial charge in [-0.25, -0.2) is 0 Å². The quantitative estimate of drug-likeness (QED) is 0.906. The van der Waals surface area contributed by atoms with Crippen LogP contribution in [-0.4, -0.2) is 50.7 Å². The highest BCUT2D eigenvalue weighted by Gasteiger charge is 2.36. The molecule has 0 aromatic heterocycles. The van der Waals surface area contributed by atoms with Gasteiger partial charge in [0.15, 0.2) is 0 Å². The summed E-state index contributed by atoms with van der Waals surface area (Å²) in [5.74, 6) is 0.880. The van der Waals surface area contributed by atoms with Crippen LogP contribution in [0.4, 0.5) is 5.69 Å². The van der Waals surface area contributed by atoms with Crippen molar-refractivity contribution < 1.29 is 0 Å². The molecule has 0 spiro atoms. The first kappa shape index (κ1) is 13.9. The highest BCUT2D eigenvalue weighted by Crippen LogP contribution is 2.32. The zero-order valence-electron chi connectivity index (χ0n) is 12.8. The maximum absolute atomic E-state index is 3.34. The molecule has 1 aliphatic carbocycles. The van der Waals surface area contributed by atoms with Crippen molar-refractivity contribution in [3.63, 3.8) is 0 Å². The number of anilines is 1. The number of nitrogens with one attached hydrogen (secondary N) is 1. The first-order valence-corrected chi connectivity index (χ1v) is 7.98. The van der Waals surface area contributed by atoms with E-state index in [0.717, 1.165) is 12.0 Å². The summed E-state index contributed by atoms with van der Waals surface area (Å²) in [5, 5.41) is 3.34. The number of rotatable bonds is 4. The number of benzene rings is 1. The zero-order chi connectivity index (χ0) is 13.9. The zero-order valence-corrected chi connectivity index (χ0v) is 12.8. The minimum absolute atomic E-state index is 0.835. The van der Waals surface area contributed by atoms with Crippen molar-refractivity contribution in [2.45, 2.75) is 25.8 Å². The van der Waals surface area contributed by atoms with E-state index in [4.69, 9.17) is 0 Å². The van der Waals surface area contributed by atoms with Crippen LogP contribution in [0.5, 0.6) is 0 Å². The Balaban J connectivity index is 1.54. The third-order valence-electron chi connectivity index (χ3n) is 4.99. The van der Waals surface area contributed by atoms with Gasteiger partial charge in [0.05, 0.1) is 0 Å². The van der Waals surface area contributed by atoms with E-state index < -0.39 is 0 Å². The van der Waals surface area contributed by atoms with Gasteiger partial charge < -0.3 is 10.2 Å². The van der Waals surface area contributed by atoms with E-state index >= 15 is 0 Å². The molecule has 110 valence electrons. The Hall–Kier alpha value is -1.06. The molecule has 1 saturated heterocycles. The number of aryl methyl sites for hydroxylation is 1. The number of hydrogen-bond donors (Lipinski definition) is 1. The lowest BCUT2D eigenvalue weighted by atomic mass is 9.78. The molecular weight excluding hydrogens is 246 g/mol. The van der Waals surface area contributed by atoms with Gasteiger partial charge in [-0.1, -0.05) is 12.1 Å². The second-order valence-corrected chi connectivity index (χ2v) is 6.32. The van der Waals surface area contributed by atoms with E-state index in [2.05, 4.69) is 53.4 Å². The summed E-state index contributed by atoms with van der Waals surface area (Å²) in [4.78, 5) is 5.26. The average molecular weight is 273 g/mol. The Kier molecular flexibility index (Phi) is 4.27. The molecular formula is C17H27N3. The van der Waals surface area contributed by atoms with Crippen LogP contribution >= 0.6 is 0 Å². The smallest absolute Gasteiger partial charge is 0.0369 e. The van der Waals surface area contributed by atoms with Gasteiger partial charge in [0.2, 0.25) is 0 Å². The molecule has 1 aliphatic heterocycles.